The van der Waals surface area contributed by atoms with Crippen molar-refractivity contribution in [3.63, 3.8) is 0 Å². The van der Waals surface area contributed by atoms with E-state index in [4.69, 9.17) is 37.4 Å². The van der Waals surface area contributed by atoms with Crippen molar-refractivity contribution in [1.82, 2.24) is 9.80 Å². The first-order chi connectivity index (χ1) is 21.9. The van der Waals surface area contributed by atoms with Crippen molar-refractivity contribution in [3.05, 3.63) is 93.5 Å². The highest BCUT2D eigenvalue weighted by molar-refractivity contribution is 6.31. The molecule has 4 rings (SSSR count). The predicted molar refractivity (Wildman–Crippen MR) is 180 cm³/mol. The third-order valence-corrected chi connectivity index (χ3v) is 7.72. The van der Waals surface area contributed by atoms with Gasteiger partial charge in [0.25, 0.3) is 5.91 Å². The molecular formula is C35H41Cl2N3O6. The summed E-state index contributed by atoms with van der Waals surface area (Å²) in [5, 5.41) is 4.46. The fourth-order valence-electron chi connectivity index (χ4n) is 4.97. The van der Waals surface area contributed by atoms with Crippen LogP contribution < -0.4 is 10.1 Å². The number of nitrogens with one attached hydrogen (secondary N) is 1. The maximum Gasteiger partial charge on any atom is 0.410 e. The maximum atomic E-state index is 13.4. The fraction of sp³-hybridized carbons (Fsp3) is 0.400. The second-order valence-corrected chi connectivity index (χ2v) is 12.9. The molecule has 1 aliphatic heterocycles. The van der Waals surface area contributed by atoms with E-state index in [1.807, 2.05) is 51.1 Å². The Balaban J connectivity index is 1.37. The fourth-order valence-corrected chi connectivity index (χ4v) is 5.29. The molecule has 0 radical (unpaired) electrons. The smallest absolute Gasteiger partial charge is 0.410 e. The van der Waals surface area contributed by atoms with Crippen LogP contribution in [0.3, 0.4) is 0 Å². The van der Waals surface area contributed by atoms with E-state index < -0.39 is 11.6 Å². The lowest BCUT2D eigenvalue weighted by Gasteiger charge is -2.33. The van der Waals surface area contributed by atoms with Crippen molar-refractivity contribution in [2.24, 2.45) is 0 Å². The average molecular weight is 671 g/mol. The summed E-state index contributed by atoms with van der Waals surface area (Å²) in [4.78, 5) is 41.4. The largest absolute Gasteiger partial charge is 0.490 e. The van der Waals surface area contributed by atoms with E-state index in [0.717, 1.165) is 35.4 Å². The molecule has 0 atom stereocenters. The lowest BCUT2D eigenvalue weighted by molar-refractivity contribution is -0.143. The van der Waals surface area contributed by atoms with Crippen LogP contribution in [0.5, 0.6) is 5.75 Å². The van der Waals surface area contributed by atoms with Crippen LogP contribution in [0.15, 0.2) is 66.7 Å². The van der Waals surface area contributed by atoms with Crippen LogP contribution in [-0.2, 0) is 27.4 Å². The van der Waals surface area contributed by atoms with Gasteiger partial charge in [0.15, 0.2) is 0 Å². The number of anilines is 1. The minimum atomic E-state index is -0.516. The van der Waals surface area contributed by atoms with Crippen LogP contribution in [0.4, 0.5) is 10.5 Å². The number of carbonyl (C=O) groups excluding carboxylic acids is 3. The Morgan fingerprint density at radius 2 is 1.59 bits per heavy atom. The van der Waals surface area contributed by atoms with Gasteiger partial charge in [0.2, 0.25) is 0 Å². The average Bonchev–Trinajstić information content (AvgIpc) is 3.01. The van der Waals surface area contributed by atoms with Crippen LogP contribution in [0.25, 0.3) is 0 Å². The molecule has 0 spiro atoms. The van der Waals surface area contributed by atoms with Crippen LogP contribution >= 0.6 is 23.2 Å². The summed E-state index contributed by atoms with van der Waals surface area (Å²) in [7, 11) is 0. The van der Waals surface area contributed by atoms with E-state index in [9.17, 15) is 14.4 Å². The molecule has 3 aromatic rings. The zero-order valence-corrected chi connectivity index (χ0v) is 28.2. The topological polar surface area (TPSA) is 97.4 Å². The summed E-state index contributed by atoms with van der Waals surface area (Å²) >= 11 is 12.4. The number of halogens is 2. The number of hydrogen-bond acceptors (Lipinski definition) is 7. The van der Waals surface area contributed by atoms with Gasteiger partial charge in [0.05, 0.1) is 6.61 Å². The summed E-state index contributed by atoms with van der Waals surface area (Å²) in [5.74, 6) is -0.0685. The van der Waals surface area contributed by atoms with Gasteiger partial charge in [-0.25, -0.2) is 4.79 Å². The first kappa shape index (κ1) is 34.9. The second-order valence-electron chi connectivity index (χ2n) is 12.1. The molecule has 1 fully saturated rings. The van der Waals surface area contributed by atoms with Gasteiger partial charge in [-0.1, -0.05) is 35.3 Å². The molecule has 0 bridgehead atoms. The van der Waals surface area contributed by atoms with Crippen molar-refractivity contribution in [2.75, 3.05) is 31.6 Å². The number of ether oxygens (including phenoxy) is 3. The number of likely N-dealkylation sites (tertiary alicyclic amines) is 1. The molecule has 246 valence electrons. The van der Waals surface area contributed by atoms with Crippen molar-refractivity contribution < 1.29 is 28.6 Å². The summed E-state index contributed by atoms with van der Waals surface area (Å²) in [5.41, 5.74) is 2.43. The van der Waals surface area contributed by atoms with Gasteiger partial charge >= 0.3 is 12.1 Å². The van der Waals surface area contributed by atoms with Crippen LogP contribution in [-0.4, -0.2) is 65.7 Å². The molecule has 46 heavy (non-hydrogen) atoms. The Hall–Kier alpha value is -3.95. The van der Waals surface area contributed by atoms with Crippen molar-refractivity contribution in [3.8, 4) is 5.75 Å². The van der Waals surface area contributed by atoms with E-state index in [0.29, 0.717) is 35.2 Å². The standard InChI is InChI=1S/C35H41Cl2N3O6/c1-5-44-32(41)23-40(33(42)25-8-10-27(36)11-9-25)22-26-20-28(37)12-15-31(26)38-21-24-6-13-29(14-7-24)45-30-16-18-39(19-17-30)34(43)46-35(2,3)4/h6-15,20,30,38H,5,16-19,21-23H2,1-4H3. The zero-order valence-electron chi connectivity index (χ0n) is 26.7. The normalized spacial score (nSPS) is 13.6. The minimum absolute atomic E-state index is 0.0208. The third-order valence-electron chi connectivity index (χ3n) is 7.23. The van der Waals surface area contributed by atoms with E-state index in [2.05, 4.69) is 5.32 Å². The zero-order chi connectivity index (χ0) is 33.3. The highest BCUT2D eigenvalue weighted by atomic mass is 35.5. The Bertz CT molecular complexity index is 1480. The van der Waals surface area contributed by atoms with Crippen molar-refractivity contribution in [2.45, 2.75) is 65.3 Å². The minimum Gasteiger partial charge on any atom is -0.490 e. The Labute approximate surface area is 280 Å². The van der Waals surface area contributed by atoms with E-state index >= 15 is 0 Å². The third kappa shape index (κ3) is 10.6. The first-order valence-electron chi connectivity index (χ1n) is 15.4. The van der Waals surface area contributed by atoms with Gasteiger partial charge < -0.3 is 29.3 Å². The van der Waals surface area contributed by atoms with Crippen LogP contribution in [0.2, 0.25) is 10.0 Å². The molecule has 1 N–H and O–H groups in total. The summed E-state index contributed by atoms with van der Waals surface area (Å²) in [6.45, 7) is 9.12. The molecule has 1 saturated heterocycles. The predicted octanol–water partition coefficient (Wildman–Crippen LogP) is 7.59. The molecule has 0 unspecified atom stereocenters. The number of piperidine rings is 1. The molecule has 9 nitrogen and oxygen atoms in total. The Morgan fingerprint density at radius 3 is 2.22 bits per heavy atom. The molecule has 0 aromatic heterocycles. The lowest BCUT2D eigenvalue weighted by atomic mass is 10.1. The SMILES string of the molecule is CCOC(=O)CN(Cc1cc(Cl)ccc1NCc1ccc(OC2CCN(C(=O)OC(C)(C)C)CC2)cc1)C(=O)c1ccc(Cl)cc1. The summed E-state index contributed by atoms with van der Waals surface area (Å²) in [6.07, 6.45) is 1.20. The maximum absolute atomic E-state index is 13.4. The number of esters is 1. The van der Waals surface area contributed by atoms with E-state index in [-0.39, 0.29) is 37.8 Å². The second kappa shape index (κ2) is 16.1. The Kier molecular flexibility index (Phi) is 12.2. The molecule has 2 amide bonds. The van der Waals surface area contributed by atoms with Crippen LogP contribution in [0, 0.1) is 0 Å². The van der Waals surface area contributed by atoms with Gasteiger partial charge in [-0.2, -0.15) is 0 Å². The Morgan fingerprint density at radius 1 is 0.935 bits per heavy atom. The van der Waals surface area contributed by atoms with Gasteiger partial charge in [0, 0.05) is 60.3 Å². The van der Waals surface area contributed by atoms with Crippen LogP contribution in [0.1, 0.15) is 62.0 Å². The molecular weight excluding hydrogens is 629 g/mol. The molecule has 0 saturated carbocycles. The number of nitrogens with zero attached hydrogens (tertiary/aromatic N) is 2. The summed E-state index contributed by atoms with van der Waals surface area (Å²) in [6, 6.07) is 19.8. The van der Waals surface area contributed by atoms with Gasteiger partial charge in [-0.05, 0) is 93.4 Å². The van der Waals surface area contributed by atoms with Gasteiger partial charge in [-0.15, -0.1) is 0 Å². The molecule has 11 heteroatoms. The molecule has 1 heterocycles. The highest BCUT2D eigenvalue weighted by Crippen LogP contribution is 2.26. The van der Waals surface area contributed by atoms with Gasteiger partial charge in [0.1, 0.15) is 24.0 Å². The van der Waals surface area contributed by atoms with E-state index in [1.165, 1.54) is 4.90 Å². The number of benzene rings is 3. The van der Waals surface area contributed by atoms with Gasteiger partial charge in [-0.3, -0.25) is 9.59 Å². The van der Waals surface area contributed by atoms with E-state index in [1.54, 1.807) is 48.2 Å². The lowest BCUT2D eigenvalue weighted by Crippen LogP contribution is -2.44. The number of amides is 2. The first-order valence-corrected chi connectivity index (χ1v) is 16.1. The molecule has 1 aliphatic rings. The quantitative estimate of drug-likeness (QED) is 0.210. The number of carbonyl (C=O) groups is 3. The van der Waals surface area contributed by atoms with Crippen molar-refractivity contribution in [1.29, 1.82) is 0 Å². The number of hydrogen-bond donors (Lipinski definition) is 1. The highest BCUT2D eigenvalue weighted by Gasteiger charge is 2.28. The molecule has 3 aromatic carbocycles. The molecule has 0 aliphatic carbocycles. The number of rotatable bonds is 11. The van der Waals surface area contributed by atoms with Crippen molar-refractivity contribution >= 4 is 46.9 Å². The summed E-state index contributed by atoms with van der Waals surface area (Å²) < 4.78 is 16.8. The monoisotopic (exact) mass is 669 g/mol.